The summed E-state index contributed by atoms with van der Waals surface area (Å²) in [6.45, 7) is 1.26. The molecule has 0 aromatic heterocycles. The third-order valence-electron chi connectivity index (χ3n) is 1.91. The third-order valence-corrected chi connectivity index (χ3v) is 3.78. The van der Waals surface area contributed by atoms with E-state index in [-0.39, 0.29) is 24.7 Å². The van der Waals surface area contributed by atoms with Crippen molar-refractivity contribution in [3.63, 3.8) is 0 Å². The van der Waals surface area contributed by atoms with Gasteiger partial charge in [-0.15, -0.1) is 0 Å². The molecule has 0 aliphatic carbocycles. The van der Waals surface area contributed by atoms with E-state index in [4.69, 9.17) is 5.11 Å². The van der Waals surface area contributed by atoms with Crippen molar-refractivity contribution in [1.82, 2.24) is 9.21 Å². The van der Waals surface area contributed by atoms with Gasteiger partial charge in [-0.1, -0.05) is 6.92 Å². The van der Waals surface area contributed by atoms with Crippen molar-refractivity contribution in [2.24, 2.45) is 0 Å². The molecule has 6 nitrogen and oxygen atoms in total. The number of hydrogen-bond donors (Lipinski definition) is 1. The molecule has 1 amide bonds. The van der Waals surface area contributed by atoms with Gasteiger partial charge in [-0.05, 0) is 0 Å². The minimum Gasteiger partial charge on any atom is -0.395 e. The third kappa shape index (κ3) is 4.59. The van der Waals surface area contributed by atoms with E-state index in [1.165, 1.54) is 4.90 Å². The summed E-state index contributed by atoms with van der Waals surface area (Å²) in [6, 6.07) is 0. The van der Waals surface area contributed by atoms with Crippen molar-refractivity contribution in [2.45, 2.75) is 6.92 Å². The number of carbonyl (C=O) groups excluding carboxylic acids is 1. The first kappa shape index (κ1) is 14.3. The van der Waals surface area contributed by atoms with E-state index in [9.17, 15) is 13.2 Å². The Balaban J connectivity index is 4.57. The lowest BCUT2D eigenvalue weighted by Crippen LogP contribution is -2.41. The van der Waals surface area contributed by atoms with Crippen molar-refractivity contribution in [3.8, 4) is 0 Å². The maximum absolute atomic E-state index is 11.5. The van der Waals surface area contributed by atoms with E-state index in [1.807, 2.05) is 0 Å². The van der Waals surface area contributed by atoms with Crippen molar-refractivity contribution >= 4 is 15.9 Å². The van der Waals surface area contributed by atoms with Crippen molar-refractivity contribution in [3.05, 3.63) is 0 Å². The first-order valence-electron chi connectivity index (χ1n) is 4.64. The average molecular weight is 238 g/mol. The van der Waals surface area contributed by atoms with Gasteiger partial charge in [0, 0.05) is 20.6 Å². The topological polar surface area (TPSA) is 77.9 Å². The van der Waals surface area contributed by atoms with Crippen LogP contribution in [0.2, 0.25) is 0 Å². The van der Waals surface area contributed by atoms with Crippen molar-refractivity contribution in [2.75, 3.05) is 39.5 Å². The van der Waals surface area contributed by atoms with Crippen LogP contribution in [0.25, 0.3) is 0 Å². The fourth-order valence-corrected chi connectivity index (χ4v) is 2.13. The molecule has 0 radical (unpaired) electrons. The van der Waals surface area contributed by atoms with E-state index in [2.05, 4.69) is 0 Å². The van der Waals surface area contributed by atoms with E-state index >= 15 is 0 Å². The molecule has 0 aliphatic heterocycles. The number of rotatable bonds is 6. The van der Waals surface area contributed by atoms with E-state index in [0.29, 0.717) is 0 Å². The fraction of sp³-hybridized carbons (Fsp3) is 0.875. The maximum Gasteiger partial charge on any atom is 0.237 e. The second kappa shape index (κ2) is 6.04. The second-order valence-corrected chi connectivity index (χ2v) is 5.34. The number of amides is 1. The first-order valence-corrected chi connectivity index (χ1v) is 6.25. The molecule has 0 unspecified atom stereocenters. The molecule has 0 aliphatic rings. The van der Waals surface area contributed by atoms with Gasteiger partial charge in [0.05, 0.1) is 18.9 Å². The van der Waals surface area contributed by atoms with Crippen LogP contribution in [-0.2, 0) is 14.8 Å². The second-order valence-electron chi connectivity index (χ2n) is 3.25. The summed E-state index contributed by atoms with van der Waals surface area (Å²) >= 11 is 0. The first-order chi connectivity index (χ1) is 6.85. The molecule has 0 aromatic carbocycles. The van der Waals surface area contributed by atoms with Crippen LogP contribution in [-0.4, -0.2) is 68.2 Å². The largest absolute Gasteiger partial charge is 0.395 e. The summed E-state index contributed by atoms with van der Waals surface area (Å²) < 4.78 is 24.1. The molecule has 0 saturated carbocycles. The number of sulfonamides is 1. The Morgan fingerprint density at radius 2 is 1.87 bits per heavy atom. The highest BCUT2D eigenvalue weighted by molar-refractivity contribution is 7.89. The van der Waals surface area contributed by atoms with E-state index < -0.39 is 16.6 Å². The number of nitrogens with zero attached hydrogens (tertiary/aromatic N) is 2. The predicted molar refractivity (Wildman–Crippen MR) is 56.8 cm³/mol. The van der Waals surface area contributed by atoms with Gasteiger partial charge in [0.1, 0.15) is 0 Å². The number of aliphatic hydroxyl groups is 1. The highest BCUT2D eigenvalue weighted by atomic mass is 32.2. The van der Waals surface area contributed by atoms with Crippen LogP contribution in [0.15, 0.2) is 0 Å². The monoisotopic (exact) mass is 238 g/mol. The molecule has 0 bridgehead atoms. The quantitative estimate of drug-likeness (QED) is 0.625. The summed E-state index contributed by atoms with van der Waals surface area (Å²) in [4.78, 5) is 12.7. The fourth-order valence-electron chi connectivity index (χ4n) is 0.944. The van der Waals surface area contributed by atoms with Crippen LogP contribution in [0.4, 0.5) is 0 Å². The van der Waals surface area contributed by atoms with Crippen LogP contribution in [0.1, 0.15) is 6.92 Å². The molecule has 7 heteroatoms. The van der Waals surface area contributed by atoms with Crippen molar-refractivity contribution < 1.29 is 18.3 Å². The van der Waals surface area contributed by atoms with Crippen LogP contribution in [0, 0.1) is 0 Å². The van der Waals surface area contributed by atoms with E-state index in [0.717, 1.165) is 4.31 Å². The van der Waals surface area contributed by atoms with Gasteiger partial charge in [0.2, 0.25) is 15.9 Å². The van der Waals surface area contributed by atoms with Gasteiger partial charge < -0.3 is 10.0 Å². The van der Waals surface area contributed by atoms with Crippen LogP contribution >= 0.6 is 0 Å². The molecule has 0 fully saturated rings. The standard InChI is InChI=1S/C8H18N2O4S/c1-4-10(7-8(12)9(2)3)15(13,14)6-5-11/h11H,4-7H2,1-3H3. The Morgan fingerprint density at radius 3 is 2.20 bits per heavy atom. The molecule has 90 valence electrons. The van der Waals surface area contributed by atoms with E-state index in [1.54, 1.807) is 21.0 Å². The van der Waals surface area contributed by atoms with Crippen LogP contribution in [0.3, 0.4) is 0 Å². The Bertz CT molecular complexity index is 300. The smallest absolute Gasteiger partial charge is 0.237 e. The molecule has 0 rings (SSSR count). The molecule has 0 spiro atoms. The summed E-state index contributed by atoms with van der Waals surface area (Å²) in [6.07, 6.45) is 0. The molecular formula is C8H18N2O4S. The van der Waals surface area contributed by atoms with Crippen molar-refractivity contribution in [1.29, 1.82) is 0 Å². The zero-order chi connectivity index (χ0) is 12.1. The number of carbonyl (C=O) groups is 1. The summed E-state index contributed by atoms with van der Waals surface area (Å²) in [5, 5.41) is 8.59. The lowest BCUT2D eigenvalue weighted by Gasteiger charge is -2.21. The Labute approximate surface area is 90.5 Å². The summed E-state index contributed by atoms with van der Waals surface area (Å²) in [5.74, 6) is -0.625. The number of likely N-dealkylation sites (N-methyl/N-ethyl adjacent to an activating group) is 2. The normalized spacial score (nSPS) is 11.8. The number of aliphatic hydroxyl groups excluding tert-OH is 1. The highest BCUT2D eigenvalue weighted by Crippen LogP contribution is 2.01. The van der Waals surface area contributed by atoms with Gasteiger partial charge in [-0.25, -0.2) is 8.42 Å². The Kier molecular flexibility index (Phi) is 5.77. The van der Waals surface area contributed by atoms with Gasteiger partial charge in [-0.2, -0.15) is 4.31 Å². The Hall–Kier alpha value is -0.660. The lowest BCUT2D eigenvalue weighted by atomic mass is 10.5. The number of hydrogen-bond acceptors (Lipinski definition) is 4. The lowest BCUT2D eigenvalue weighted by molar-refractivity contribution is -0.128. The molecule has 0 saturated heterocycles. The minimum absolute atomic E-state index is 0.175. The highest BCUT2D eigenvalue weighted by Gasteiger charge is 2.22. The minimum atomic E-state index is -3.52. The molecule has 0 heterocycles. The zero-order valence-corrected chi connectivity index (χ0v) is 10.1. The Morgan fingerprint density at radius 1 is 1.33 bits per heavy atom. The average Bonchev–Trinajstić information content (AvgIpc) is 2.12. The zero-order valence-electron chi connectivity index (χ0n) is 9.30. The SMILES string of the molecule is CCN(CC(=O)N(C)C)S(=O)(=O)CCO. The molecule has 0 aromatic rings. The maximum atomic E-state index is 11.5. The predicted octanol–water partition coefficient (Wildman–Crippen LogP) is -1.28. The van der Waals surface area contributed by atoms with Gasteiger partial charge >= 0.3 is 0 Å². The van der Waals surface area contributed by atoms with Gasteiger partial charge in [0.15, 0.2) is 0 Å². The molecular weight excluding hydrogens is 220 g/mol. The van der Waals surface area contributed by atoms with Gasteiger partial charge in [-0.3, -0.25) is 4.79 Å². The molecule has 0 atom stereocenters. The summed E-state index contributed by atoms with van der Waals surface area (Å²) in [5.41, 5.74) is 0. The summed E-state index contributed by atoms with van der Waals surface area (Å²) in [7, 11) is -0.387. The van der Waals surface area contributed by atoms with Crippen LogP contribution in [0.5, 0.6) is 0 Å². The van der Waals surface area contributed by atoms with Gasteiger partial charge in [0.25, 0.3) is 0 Å². The molecule has 1 N–H and O–H groups in total. The molecule has 15 heavy (non-hydrogen) atoms. The van der Waals surface area contributed by atoms with Crippen LogP contribution < -0.4 is 0 Å².